The highest BCUT2D eigenvalue weighted by atomic mass is 127. The standard InChI is InChI=1S/C18H29N7S.HI/c1-12-13(2)26-17(21-12)11-20-18(22-15-8-6-5-7-9-15)19-10-16-24-23-14(3)25(16)4;/h15H,5-11H2,1-4H3,(H2,19,20,22);1H. The average Bonchev–Trinajstić information content (AvgIpc) is 3.13. The first-order valence-electron chi connectivity index (χ1n) is 9.35. The van der Waals surface area contributed by atoms with E-state index in [0.29, 0.717) is 19.1 Å². The molecule has 1 saturated carbocycles. The van der Waals surface area contributed by atoms with Crippen LogP contribution in [0.1, 0.15) is 59.3 Å². The van der Waals surface area contributed by atoms with Crippen molar-refractivity contribution in [3.05, 3.63) is 27.2 Å². The number of rotatable bonds is 5. The summed E-state index contributed by atoms with van der Waals surface area (Å²) in [5, 5.41) is 16.5. The Kier molecular flexibility index (Phi) is 8.46. The molecule has 2 aromatic heterocycles. The van der Waals surface area contributed by atoms with E-state index in [1.54, 1.807) is 11.3 Å². The third-order valence-electron chi connectivity index (χ3n) is 4.99. The molecular weight excluding hydrogens is 473 g/mol. The SMILES string of the molecule is Cc1nc(CNC(=NCc2nnc(C)n2C)NC2CCCCC2)sc1C.I. The van der Waals surface area contributed by atoms with E-state index < -0.39 is 0 Å². The molecule has 0 atom stereocenters. The van der Waals surface area contributed by atoms with Crippen molar-refractivity contribution < 1.29 is 0 Å². The van der Waals surface area contributed by atoms with Gasteiger partial charge in [-0.25, -0.2) is 9.98 Å². The molecule has 150 valence electrons. The summed E-state index contributed by atoms with van der Waals surface area (Å²) in [5.74, 6) is 2.61. The first kappa shape index (κ1) is 22.1. The number of halogens is 1. The van der Waals surface area contributed by atoms with Gasteiger partial charge in [0.25, 0.3) is 0 Å². The number of aliphatic imine (C=N–C) groups is 1. The third-order valence-corrected chi connectivity index (χ3v) is 6.06. The van der Waals surface area contributed by atoms with Gasteiger partial charge >= 0.3 is 0 Å². The van der Waals surface area contributed by atoms with Crippen molar-refractivity contribution in [3.8, 4) is 0 Å². The van der Waals surface area contributed by atoms with Gasteiger partial charge in [0.15, 0.2) is 11.8 Å². The van der Waals surface area contributed by atoms with E-state index in [2.05, 4.69) is 39.7 Å². The molecule has 0 unspecified atom stereocenters. The minimum absolute atomic E-state index is 0. The zero-order valence-electron chi connectivity index (χ0n) is 16.6. The number of hydrogen-bond acceptors (Lipinski definition) is 5. The maximum Gasteiger partial charge on any atom is 0.192 e. The van der Waals surface area contributed by atoms with Crippen LogP contribution in [0.25, 0.3) is 0 Å². The summed E-state index contributed by atoms with van der Waals surface area (Å²) in [6.07, 6.45) is 6.34. The van der Waals surface area contributed by atoms with Crippen molar-refractivity contribution in [1.82, 2.24) is 30.4 Å². The van der Waals surface area contributed by atoms with Crippen LogP contribution in [0.2, 0.25) is 0 Å². The van der Waals surface area contributed by atoms with Gasteiger partial charge in [-0.3, -0.25) is 0 Å². The Morgan fingerprint density at radius 2 is 1.93 bits per heavy atom. The van der Waals surface area contributed by atoms with Gasteiger partial charge in [-0.15, -0.1) is 45.5 Å². The Labute approximate surface area is 182 Å². The fourth-order valence-corrected chi connectivity index (χ4v) is 3.98. The van der Waals surface area contributed by atoms with Crippen molar-refractivity contribution in [2.24, 2.45) is 12.0 Å². The maximum absolute atomic E-state index is 4.75. The lowest BCUT2D eigenvalue weighted by Gasteiger charge is -2.25. The second-order valence-corrected chi connectivity index (χ2v) is 8.26. The van der Waals surface area contributed by atoms with Gasteiger partial charge in [0.05, 0.1) is 12.2 Å². The first-order chi connectivity index (χ1) is 12.5. The number of guanidine groups is 1. The molecule has 1 fully saturated rings. The Morgan fingerprint density at radius 3 is 2.52 bits per heavy atom. The molecule has 0 bridgehead atoms. The van der Waals surface area contributed by atoms with Crippen molar-refractivity contribution in [1.29, 1.82) is 0 Å². The minimum atomic E-state index is 0. The third kappa shape index (κ3) is 6.13. The summed E-state index contributed by atoms with van der Waals surface area (Å²) in [6.45, 7) is 7.32. The lowest BCUT2D eigenvalue weighted by Crippen LogP contribution is -2.44. The largest absolute Gasteiger partial charge is 0.354 e. The van der Waals surface area contributed by atoms with Crippen molar-refractivity contribution in [3.63, 3.8) is 0 Å². The molecule has 0 saturated heterocycles. The molecule has 7 nitrogen and oxygen atoms in total. The lowest BCUT2D eigenvalue weighted by molar-refractivity contribution is 0.409. The predicted octanol–water partition coefficient (Wildman–Crippen LogP) is 3.38. The fourth-order valence-electron chi connectivity index (χ4n) is 3.11. The van der Waals surface area contributed by atoms with E-state index in [1.807, 2.05) is 18.5 Å². The molecule has 0 aliphatic heterocycles. The summed E-state index contributed by atoms with van der Waals surface area (Å²) in [7, 11) is 1.98. The molecule has 9 heteroatoms. The Balaban J connectivity index is 0.00000261. The quantitative estimate of drug-likeness (QED) is 0.372. The molecule has 1 aliphatic carbocycles. The van der Waals surface area contributed by atoms with Crippen LogP contribution >= 0.6 is 35.3 Å². The molecule has 3 rings (SSSR count). The molecule has 0 radical (unpaired) electrons. The van der Waals surface area contributed by atoms with Crippen LogP contribution in [0.15, 0.2) is 4.99 Å². The van der Waals surface area contributed by atoms with Gasteiger partial charge in [0.1, 0.15) is 17.4 Å². The van der Waals surface area contributed by atoms with Gasteiger partial charge in [0, 0.05) is 18.0 Å². The van der Waals surface area contributed by atoms with Crippen LogP contribution in [-0.4, -0.2) is 31.7 Å². The van der Waals surface area contributed by atoms with Crippen molar-refractivity contribution in [2.45, 2.75) is 72.0 Å². The predicted molar refractivity (Wildman–Crippen MR) is 121 cm³/mol. The summed E-state index contributed by atoms with van der Waals surface area (Å²) >= 11 is 1.74. The van der Waals surface area contributed by atoms with E-state index in [1.165, 1.54) is 37.0 Å². The number of aryl methyl sites for hydroxylation is 3. The van der Waals surface area contributed by atoms with Gasteiger partial charge in [-0.2, -0.15) is 0 Å². The van der Waals surface area contributed by atoms with Gasteiger partial charge in [-0.1, -0.05) is 19.3 Å². The van der Waals surface area contributed by atoms with Gasteiger partial charge < -0.3 is 15.2 Å². The molecule has 0 spiro atoms. The topological polar surface area (TPSA) is 80.0 Å². The number of aromatic nitrogens is 4. The minimum Gasteiger partial charge on any atom is -0.354 e. The van der Waals surface area contributed by atoms with Crippen molar-refractivity contribution in [2.75, 3.05) is 0 Å². The monoisotopic (exact) mass is 503 g/mol. The highest BCUT2D eigenvalue weighted by Gasteiger charge is 2.15. The summed E-state index contributed by atoms with van der Waals surface area (Å²) in [4.78, 5) is 10.6. The van der Waals surface area contributed by atoms with Crippen LogP contribution < -0.4 is 10.6 Å². The summed E-state index contributed by atoms with van der Waals surface area (Å²) < 4.78 is 1.98. The molecular formula is C18H30IN7S. The van der Waals surface area contributed by atoms with Gasteiger partial charge in [-0.05, 0) is 33.6 Å². The molecule has 2 N–H and O–H groups in total. The average molecular weight is 503 g/mol. The number of hydrogen-bond donors (Lipinski definition) is 2. The van der Waals surface area contributed by atoms with Crippen LogP contribution in [0.4, 0.5) is 0 Å². The van der Waals surface area contributed by atoms with E-state index in [0.717, 1.165) is 28.3 Å². The second-order valence-electron chi connectivity index (χ2n) is 6.97. The van der Waals surface area contributed by atoms with Gasteiger partial charge in [0.2, 0.25) is 0 Å². The second kappa shape index (κ2) is 10.4. The molecule has 0 amide bonds. The highest BCUT2D eigenvalue weighted by molar-refractivity contribution is 14.0. The summed E-state index contributed by atoms with van der Waals surface area (Å²) in [6, 6.07) is 0.496. The number of thiazole rings is 1. The molecule has 2 heterocycles. The van der Waals surface area contributed by atoms with Crippen LogP contribution in [0.3, 0.4) is 0 Å². The van der Waals surface area contributed by atoms with E-state index in [4.69, 9.17) is 4.99 Å². The number of nitrogens with zero attached hydrogens (tertiary/aromatic N) is 5. The Bertz CT molecular complexity index is 742. The lowest BCUT2D eigenvalue weighted by atomic mass is 9.96. The summed E-state index contributed by atoms with van der Waals surface area (Å²) in [5.41, 5.74) is 1.11. The van der Waals surface area contributed by atoms with Crippen LogP contribution in [0, 0.1) is 20.8 Å². The molecule has 1 aliphatic rings. The van der Waals surface area contributed by atoms with E-state index in [-0.39, 0.29) is 24.0 Å². The fraction of sp³-hybridized carbons (Fsp3) is 0.667. The molecule has 2 aromatic rings. The Hall–Kier alpha value is -1.23. The zero-order chi connectivity index (χ0) is 18.5. The molecule has 0 aromatic carbocycles. The maximum atomic E-state index is 4.75. The Morgan fingerprint density at radius 1 is 1.19 bits per heavy atom. The van der Waals surface area contributed by atoms with Crippen LogP contribution in [0.5, 0.6) is 0 Å². The normalized spacial score (nSPS) is 15.5. The zero-order valence-corrected chi connectivity index (χ0v) is 19.7. The first-order valence-corrected chi connectivity index (χ1v) is 10.2. The van der Waals surface area contributed by atoms with E-state index >= 15 is 0 Å². The molecule has 27 heavy (non-hydrogen) atoms. The smallest absolute Gasteiger partial charge is 0.192 e. The number of nitrogens with one attached hydrogen (secondary N) is 2. The van der Waals surface area contributed by atoms with E-state index in [9.17, 15) is 0 Å². The highest BCUT2D eigenvalue weighted by Crippen LogP contribution is 2.18. The van der Waals surface area contributed by atoms with Crippen LogP contribution in [-0.2, 0) is 20.1 Å². The van der Waals surface area contributed by atoms with Crippen molar-refractivity contribution >= 4 is 41.3 Å².